The lowest BCUT2D eigenvalue weighted by Crippen LogP contribution is -1.91. The molecule has 0 amide bonds. The van der Waals surface area contributed by atoms with Crippen LogP contribution >= 0.6 is 15.9 Å². The third-order valence-corrected chi connectivity index (χ3v) is 3.47. The Kier molecular flexibility index (Phi) is 4.92. The second kappa shape index (κ2) is 6.87. The van der Waals surface area contributed by atoms with Gasteiger partial charge in [-0.2, -0.15) is 5.26 Å². The van der Waals surface area contributed by atoms with Gasteiger partial charge >= 0.3 is 0 Å². The molecule has 2 aromatic carbocycles. The maximum absolute atomic E-state index is 10.8. The van der Waals surface area contributed by atoms with Gasteiger partial charge in [-0.3, -0.25) is 10.1 Å². The fourth-order valence-corrected chi connectivity index (χ4v) is 2.32. The summed E-state index contributed by atoms with van der Waals surface area (Å²) < 4.78 is 6.10. The Morgan fingerprint density at radius 3 is 2.77 bits per heavy atom. The molecule has 0 saturated heterocycles. The number of hydrogen-bond acceptors (Lipinski definition) is 4. The molecule has 0 atom stereocenters. The zero-order valence-corrected chi connectivity index (χ0v) is 13.2. The van der Waals surface area contributed by atoms with Crippen molar-refractivity contribution in [2.45, 2.75) is 0 Å². The van der Waals surface area contributed by atoms with Crippen molar-refractivity contribution < 1.29 is 9.66 Å². The van der Waals surface area contributed by atoms with Crippen molar-refractivity contribution in [3.05, 3.63) is 68.2 Å². The zero-order chi connectivity index (χ0) is 16.1. The van der Waals surface area contributed by atoms with Gasteiger partial charge < -0.3 is 4.74 Å². The third-order valence-electron chi connectivity index (χ3n) is 2.98. The number of ether oxygens (including phenoxy) is 1. The number of nitro groups is 1. The quantitative estimate of drug-likeness (QED) is 0.350. The van der Waals surface area contributed by atoms with E-state index in [1.165, 1.54) is 12.1 Å². The Morgan fingerprint density at radius 2 is 2.14 bits per heavy atom. The van der Waals surface area contributed by atoms with Crippen LogP contribution in [0, 0.1) is 21.4 Å². The Labute approximate surface area is 135 Å². The minimum atomic E-state index is -0.488. The summed E-state index contributed by atoms with van der Waals surface area (Å²) in [5.41, 5.74) is 1.46. The fraction of sp³-hybridized carbons (Fsp3) is 0.0625. The first kappa shape index (κ1) is 15.7. The van der Waals surface area contributed by atoms with Gasteiger partial charge in [0.1, 0.15) is 5.75 Å². The van der Waals surface area contributed by atoms with Crippen LogP contribution in [0.2, 0.25) is 0 Å². The largest absolute Gasteiger partial charge is 0.496 e. The van der Waals surface area contributed by atoms with Crippen LogP contribution in [0.1, 0.15) is 11.1 Å². The van der Waals surface area contributed by atoms with Crippen LogP contribution in [-0.4, -0.2) is 12.0 Å². The monoisotopic (exact) mass is 358 g/mol. The topological polar surface area (TPSA) is 76.2 Å². The highest BCUT2D eigenvalue weighted by Gasteiger charge is 2.10. The van der Waals surface area contributed by atoms with E-state index < -0.39 is 4.92 Å². The molecule has 6 heteroatoms. The van der Waals surface area contributed by atoms with E-state index in [0.717, 1.165) is 4.47 Å². The Morgan fingerprint density at radius 1 is 1.36 bits per heavy atom. The van der Waals surface area contributed by atoms with Crippen molar-refractivity contribution >= 4 is 33.3 Å². The predicted octanol–water partition coefficient (Wildman–Crippen LogP) is 4.43. The number of hydrogen-bond donors (Lipinski definition) is 0. The van der Waals surface area contributed by atoms with Crippen molar-refractivity contribution in [2.75, 3.05) is 7.11 Å². The van der Waals surface area contributed by atoms with Crippen LogP contribution in [0.5, 0.6) is 5.75 Å². The van der Waals surface area contributed by atoms with Gasteiger partial charge in [-0.15, -0.1) is 0 Å². The van der Waals surface area contributed by atoms with Gasteiger partial charge in [-0.25, -0.2) is 0 Å². The van der Waals surface area contributed by atoms with Crippen LogP contribution in [0.3, 0.4) is 0 Å². The van der Waals surface area contributed by atoms with E-state index in [9.17, 15) is 15.4 Å². The summed E-state index contributed by atoms with van der Waals surface area (Å²) in [4.78, 5) is 10.4. The summed E-state index contributed by atoms with van der Waals surface area (Å²) in [6.07, 6.45) is 1.64. The SMILES string of the molecule is COc1ccc(Br)cc1/C=C(/C#N)c1cccc([N+](=O)[O-])c1. The van der Waals surface area contributed by atoms with Gasteiger partial charge in [-0.1, -0.05) is 28.1 Å². The molecule has 0 N–H and O–H groups in total. The summed E-state index contributed by atoms with van der Waals surface area (Å²) in [6.45, 7) is 0. The zero-order valence-electron chi connectivity index (χ0n) is 11.6. The smallest absolute Gasteiger partial charge is 0.270 e. The second-order valence-corrected chi connectivity index (χ2v) is 5.28. The van der Waals surface area contributed by atoms with Crippen LogP contribution < -0.4 is 4.74 Å². The molecule has 2 aromatic rings. The number of nitriles is 1. The molecule has 0 bridgehead atoms. The van der Waals surface area contributed by atoms with Gasteiger partial charge in [0.25, 0.3) is 5.69 Å². The van der Waals surface area contributed by atoms with Crippen LogP contribution in [0.4, 0.5) is 5.69 Å². The van der Waals surface area contributed by atoms with E-state index in [1.54, 1.807) is 31.4 Å². The molecule has 0 aromatic heterocycles. The highest BCUT2D eigenvalue weighted by Crippen LogP contribution is 2.28. The van der Waals surface area contributed by atoms with E-state index in [-0.39, 0.29) is 5.69 Å². The minimum absolute atomic E-state index is 0.0557. The van der Waals surface area contributed by atoms with Crippen molar-refractivity contribution in [1.82, 2.24) is 0 Å². The summed E-state index contributed by atoms with van der Waals surface area (Å²) in [5, 5.41) is 20.2. The summed E-state index contributed by atoms with van der Waals surface area (Å²) in [6, 6.07) is 13.5. The number of benzene rings is 2. The van der Waals surface area contributed by atoms with Crippen LogP contribution in [0.15, 0.2) is 46.9 Å². The predicted molar refractivity (Wildman–Crippen MR) is 87.3 cm³/mol. The molecule has 2 rings (SSSR count). The lowest BCUT2D eigenvalue weighted by atomic mass is 10.0. The fourth-order valence-electron chi connectivity index (χ4n) is 1.94. The molecule has 22 heavy (non-hydrogen) atoms. The average molecular weight is 359 g/mol. The molecule has 5 nitrogen and oxygen atoms in total. The van der Waals surface area contributed by atoms with Crippen molar-refractivity contribution in [2.24, 2.45) is 0 Å². The molecule has 0 aliphatic carbocycles. The van der Waals surface area contributed by atoms with E-state index >= 15 is 0 Å². The molecule has 0 heterocycles. The first-order valence-electron chi connectivity index (χ1n) is 6.25. The van der Waals surface area contributed by atoms with Gasteiger partial charge in [-0.05, 0) is 29.8 Å². The molecular formula is C16H11BrN2O3. The molecule has 0 spiro atoms. The highest BCUT2D eigenvalue weighted by atomic mass is 79.9. The van der Waals surface area contributed by atoms with E-state index in [2.05, 4.69) is 22.0 Å². The Balaban J connectivity index is 2.53. The standard InChI is InChI=1S/C16H11BrN2O3/c1-22-16-6-5-14(17)8-12(16)7-13(10-18)11-3-2-4-15(9-11)19(20)21/h2-9H,1H3/b13-7-. The Bertz CT molecular complexity index is 794. The average Bonchev–Trinajstić information content (AvgIpc) is 2.52. The molecule has 110 valence electrons. The normalized spacial score (nSPS) is 10.9. The van der Waals surface area contributed by atoms with Crippen molar-refractivity contribution in [3.63, 3.8) is 0 Å². The van der Waals surface area contributed by atoms with Gasteiger partial charge in [0.05, 0.1) is 23.7 Å². The molecule has 0 aliphatic heterocycles. The summed E-state index contributed by atoms with van der Waals surface area (Å²) in [5.74, 6) is 0.612. The molecule has 0 radical (unpaired) electrons. The molecule has 0 fully saturated rings. The van der Waals surface area contributed by atoms with Crippen LogP contribution in [-0.2, 0) is 0 Å². The number of halogens is 1. The van der Waals surface area contributed by atoms with E-state index in [1.807, 2.05) is 12.1 Å². The number of rotatable bonds is 4. The number of nitro benzene ring substituents is 1. The summed E-state index contributed by atoms with van der Waals surface area (Å²) >= 11 is 3.37. The second-order valence-electron chi connectivity index (χ2n) is 4.36. The highest BCUT2D eigenvalue weighted by molar-refractivity contribution is 9.10. The van der Waals surface area contributed by atoms with E-state index in [0.29, 0.717) is 22.4 Å². The molecule has 0 saturated carbocycles. The molecule has 0 aliphatic rings. The number of nitrogens with zero attached hydrogens (tertiary/aromatic N) is 2. The lowest BCUT2D eigenvalue weighted by molar-refractivity contribution is -0.384. The first-order chi connectivity index (χ1) is 10.5. The van der Waals surface area contributed by atoms with Gasteiger partial charge in [0, 0.05) is 22.2 Å². The van der Waals surface area contributed by atoms with Crippen LogP contribution in [0.25, 0.3) is 11.6 Å². The maximum Gasteiger partial charge on any atom is 0.270 e. The number of methoxy groups -OCH3 is 1. The number of non-ortho nitro benzene ring substituents is 1. The number of allylic oxidation sites excluding steroid dienone is 1. The first-order valence-corrected chi connectivity index (χ1v) is 7.04. The molecule has 0 unspecified atom stereocenters. The third kappa shape index (κ3) is 3.51. The molecular weight excluding hydrogens is 348 g/mol. The summed E-state index contributed by atoms with van der Waals surface area (Å²) in [7, 11) is 1.54. The van der Waals surface area contributed by atoms with Gasteiger partial charge in [0.15, 0.2) is 0 Å². The van der Waals surface area contributed by atoms with Gasteiger partial charge in [0.2, 0.25) is 0 Å². The minimum Gasteiger partial charge on any atom is -0.496 e. The lowest BCUT2D eigenvalue weighted by Gasteiger charge is -2.06. The van der Waals surface area contributed by atoms with Crippen molar-refractivity contribution in [1.29, 1.82) is 5.26 Å². The maximum atomic E-state index is 10.8. The van der Waals surface area contributed by atoms with Crippen molar-refractivity contribution in [3.8, 4) is 11.8 Å². The van der Waals surface area contributed by atoms with E-state index in [4.69, 9.17) is 4.74 Å². The Hall–Kier alpha value is -2.65.